The summed E-state index contributed by atoms with van der Waals surface area (Å²) in [6.45, 7) is 10.5. The van der Waals surface area contributed by atoms with Crippen molar-refractivity contribution in [1.29, 1.82) is 0 Å². The summed E-state index contributed by atoms with van der Waals surface area (Å²) in [7, 11) is 0. The number of aliphatic hydroxyl groups excluding tert-OH is 1. The van der Waals surface area contributed by atoms with Crippen LogP contribution in [0.3, 0.4) is 0 Å². The first-order chi connectivity index (χ1) is 7.88. The third-order valence-corrected chi connectivity index (χ3v) is 3.03. The molecule has 0 saturated carbocycles. The van der Waals surface area contributed by atoms with Crippen LogP contribution >= 0.6 is 0 Å². The first-order valence-corrected chi connectivity index (χ1v) is 6.13. The Bertz CT molecular complexity index is 388. The first-order valence-electron chi connectivity index (χ1n) is 6.13. The molecule has 1 atom stereocenters. The van der Waals surface area contributed by atoms with Crippen LogP contribution in [0.4, 0.5) is 10.1 Å². The monoisotopic (exact) mass is 239 g/mol. The summed E-state index contributed by atoms with van der Waals surface area (Å²) >= 11 is 0. The van der Waals surface area contributed by atoms with Crippen LogP contribution in [0.5, 0.6) is 0 Å². The lowest BCUT2D eigenvalue weighted by molar-refractivity contribution is 0.199. The van der Waals surface area contributed by atoms with Gasteiger partial charge in [-0.1, -0.05) is 0 Å². The average molecular weight is 239 g/mol. The molecule has 2 nitrogen and oxygen atoms in total. The zero-order valence-electron chi connectivity index (χ0n) is 11.3. The Labute approximate surface area is 103 Å². The fourth-order valence-electron chi connectivity index (χ4n) is 2.08. The molecule has 1 aromatic carbocycles. The van der Waals surface area contributed by atoms with E-state index in [0.29, 0.717) is 17.2 Å². The zero-order valence-corrected chi connectivity index (χ0v) is 11.3. The van der Waals surface area contributed by atoms with Gasteiger partial charge in [0.2, 0.25) is 0 Å². The van der Waals surface area contributed by atoms with Crippen molar-refractivity contribution in [1.82, 2.24) is 0 Å². The van der Waals surface area contributed by atoms with E-state index >= 15 is 0 Å². The summed E-state index contributed by atoms with van der Waals surface area (Å²) in [6.07, 6.45) is -0.659. The molecule has 0 saturated heterocycles. The Balaban J connectivity index is 3.33. The van der Waals surface area contributed by atoms with E-state index in [-0.39, 0.29) is 5.82 Å². The minimum atomic E-state index is -0.659. The Morgan fingerprint density at radius 2 is 1.88 bits per heavy atom. The summed E-state index contributed by atoms with van der Waals surface area (Å²) in [6, 6.07) is 3.59. The van der Waals surface area contributed by atoms with Gasteiger partial charge < -0.3 is 10.0 Å². The summed E-state index contributed by atoms with van der Waals surface area (Å²) in [5, 5.41) is 9.75. The lowest BCUT2D eigenvalue weighted by Gasteiger charge is -2.31. The lowest BCUT2D eigenvalue weighted by atomic mass is 10.0. The molecule has 3 heteroatoms. The van der Waals surface area contributed by atoms with Gasteiger partial charge in [0, 0.05) is 23.8 Å². The van der Waals surface area contributed by atoms with E-state index in [2.05, 4.69) is 25.7 Å². The van der Waals surface area contributed by atoms with E-state index < -0.39 is 6.10 Å². The maximum absolute atomic E-state index is 13.6. The van der Waals surface area contributed by atoms with Crippen molar-refractivity contribution in [3.8, 4) is 0 Å². The van der Waals surface area contributed by atoms with Crippen molar-refractivity contribution in [3.63, 3.8) is 0 Å². The van der Waals surface area contributed by atoms with Gasteiger partial charge in [-0.15, -0.1) is 0 Å². The average Bonchev–Trinajstić information content (AvgIpc) is 2.22. The second-order valence-corrected chi connectivity index (χ2v) is 4.72. The fraction of sp³-hybridized carbons (Fsp3) is 0.571. The summed E-state index contributed by atoms with van der Waals surface area (Å²) in [5.74, 6) is -0.260. The first kappa shape index (κ1) is 14.0. The molecule has 1 aromatic rings. The Hall–Kier alpha value is -1.09. The predicted molar refractivity (Wildman–Crippen MR) is 69.9 cm³/mol. The Kier molecular flexibility index (Phi) is 4.52. The Morgan fingerprint density at radius 3 is 2.29 bits per heavy atom. The van der Waals surface area contributed by atoms with Gasteiger partial charge in [-0.25, -0.2) is 4.39 Å². The number of hydrogen-bond donors (Lipinski definition) is 1. The molecule has 0 aromatic heterocycles. The molecule has 0 fully saturated rings. The maximum Gasteiger partial charge on any atom is 0.126 e. The van der Waals surface area contributed by atoms with Crippen LogP contribution in [-0.4, -0.2) is 17.7 Å². The van der Waals surface area contributed by atoms with Crippen LogP contribution in [0.1, 0.15) is 44.9 Å². The van der Waals surface area contributed by atoms with Crippen molar-refractivity contribution in [2.24, 2.45) is 0 Å². The van der Waals surface area contributed by atoms with Crippen LogP contribution in [0.25, 0.3) is 0 Å². The standard InChI is InChI=1S/C14H22FNO/c1-6-16(9(2)3)14-7-10(4)13(15)8-12(14)11(5)17/h7-9,11,17H,6H2,1-5H3/t11-/m1/s1. The molecule has 0 aliphatic heterocycles. The normalized spacial score (nSPS) is 12.9. The molecule has 17 heavy (non-hydrogen) atoms. The number of nitrogens with zero attached hydrogens (tertiary/aromatic N) is 1. The SMILES string of the molecule is CCN(c1cc(C)c(F)cc1[C@@H](C)O)C(C)C. The molecule has 0 aliphatic rings. The van der Waals surface area contributed by atoms with E-state index in [1.807, 2.05) is 6.07 Å². The van der Waals surface area contributed by atoms with Gasteiger partial charge in [0.1, 0.15) is 5.82 Å². The highest BCUT2D eigenvalue weighted by molar-refractivity contribution is 5.57. The van der Waals surface area contributed by atoms with Gasteiger partial charge in [0.05, 0.1) is 6.10 Å². The quantitative estimate of drug-likeness (QED) is 0.870. The fourth-order valence-corrected chi connectivity index (χ4v) is 2.08. The van der Waals surface area contributed by atoms with Crippen LogP contribution < -0.4 is 4.90 Å². The molecule has 0 amide bonds. The molecule has 0 aliphatic carbocycles. The molecule has 0 bridgehead atoms. The second-order valence-electron chi connectivity index (χ2n) is 4.72. The van der Waals surface area contributed by atoms with Crippen molar-refractivity contribution in [2.45, 2.75) is 46.8 Å². The highest BCUT2D eigenvalue weighted by Gasteiger charge is 2.17. The van der Waals surface area contributed by atoms with Crippen molar-refractivity contribution < 1.29 is 9.50 Å². The highest BCUT2D eigenvalue weighted by Crippen LogP contribution is 2.30. The van der Waals surface area contributed by atoms with Crippen molar-refractivity contribution >= 4 is 5.69 Å². The molecule has 0 unspecified atom stereocenters. The van der Waals surface area contributed by atoms with Gasteiger partial charge in [-0.2, -0.15) is 0 Å². The molecule has 0 heterocycles. The molecule has 96 valence electrons. The van der Waals surface area contributed by atoms with Gasteiger partial charge >= 0.3 is 0 Å². The van der Waals surface area contributed by atoms with Gasteiger partial charge in [0.25, 0.3) is 0 Å². The van der Waals surface area contributed by atoms with Crippen molar-refractivity contribution in [3.05, 3.63) is 29.1 Å². The number of halogens is 1. The number of rotatable bonds is 4. The van der Waals surface area contributed by atoms with Gasteiger partial charge in [-0.3, -0.25) is 0 Å². The number of hydrogen-bond acceptors (Lipinski definition) is 2. The molecule has 1 rings (SSSR count). The molecular formula is C14H22FNO. The van der Waals surface area contributed by atoms with Crippen LogP contribution in [-0.2, 0) is 0 Å². The van der Waals surface area contributed by atoms with E-state index in [9.17, 15) is 9.50 Å². The van der Waals surface area contributed by atoms with Crippen LogP contribution in [0.15, 0.2) is 12.1 Å². The highest BCUT2D eigenvalue weighted by atomic mass is 19.1. The zero-order chi connectivity index (χ0) is 13.2. The van der Waals surface area contributed by atoms with Crippen LogP contribution in [0, 0.1) is 12.7 Å². The molecule has 0 spiro atoms. The summed E-state index contributed by atoms with van der Waals surface area (Å²) in [4.78, 5) is 2.16. The minimum Gasteiger partial charge on any atom is -0.389 e. The van der Waals surface area contributed by atoms with E-state index in [1.54, 1.807) is 13.8 Å². The maximum atomic E-state index is 13.6. The van der Waals surface area contributed by atoms with E-state index in [4.69, 9.17) is 0 Å². The van der Waals surface area contributed by atoms with Crippen LogP contribution in [0.2, 0.25) is 0 Å². The smallest absolute Gasteiger partial charge is 0.126 e. The number of aryl methyl sites for hydroxylation is 1. The van der Waals surface area contributed by atoms with Crippen molar-refractivity contribution in [2.75, 3.05) is 11.4 Å². The number of benzene rings is 1. The topological polar surface area (TPSA) is 23.5 Å². The van der Waals surface area contributed by atoms with E-state index in [0.717, 1.165) is 12.2 Å². The largest absolute Gasteiger partial charge is 0.389 e. The molecular weight excluding hydrogens is 217 g/mol. The third-order valence-electron chi connectivity index (χ3n) is 3.03. The number of aliphatic hydroxyl groups is 1. The predicted octanol–water partition coefficient (Wildman–Crippen LogP) is 3.42. The third kappa shape index (κ3) is 2.97. The Morgan fingerprint density at radius 1 is 1.29 bits per heavy atom. The summed E-state index contributed by atoms with van der Waals surface area (Å²) < 4.78 is 13.6. The summed E-state index contributed by atoms with van der Waals surface area (Å²) in [5.41, 5.74) is 2.20. The molecule has 1 N–H and O–H groups in total. The second kappa shape index (κ2) is 5.50. The minimum absolute atomic E-state index is 0.260. The number of anilines is 1. The van der Waals surface area contributed by atoms with E-state index in [1.165, 1.54) is 6.07 Å². The van der Waals surface area contributed by atoms with Gasteiger partial charge in [-0.05, 0) is 52.3 Å². The molecule has 0 radical (unpaired) electrons. The van der Waals surface area contributed by atoms with Gasteiger partial charge in [0.15, 0.2) is 0 Å². The lowest BCUT2D eigenvalue weighted by Crippen LogP contribution is -2.31.